The third-order valence-corrected chi connectivity index (χ3v) is 3.59. The van der Waals surface area contributed by atoms with Crippen LogP contribution in [0.4, 0.5) is 0 Å². The highest BCUT2D eigenvalue weighted by Crippen LogP contribution is 2.30. The van der Waals surface area contributed by atoms with Crippen LogP contribution in [0.3, 0.4) is 0 Å². The highest BCUT2D eigenvalue weighted by Gasteiger charge is 2.17. The molecule has 0 saturated heterocycles. The molecule has 0 bridgehead atoms. The molecular weight excluding hydrogens is 256 g/mol. The van der Waals surface area contributed by atoms with Crippen molar-refractivity contribution in [3.05, 3.63) is 63.9 Å². The van der Waals surface area contributed by atoms with Gasteiger partial charge in [0.2, 0.25) is 0 Å². The van der Waals surface area contributed by atoms with E-state index in [1.165, 1.54) is 16.7 Å². The highest BCUT2D eigenvalue weighted by molar-refractivity contribution is 6.31. The van der Waals surface area contributed by atoms with Gasteiger partial charge >= 0.3 is 0 Å². The molecule has 19 heavy (non-hydrogen) atoms. The average molecular weight is 275 g/mol. The molecule has 0 aliphatic rings. The average Bonchev–Trinajstić information content (AvgIpc) is 2.38. The zero-order valence-electron chi connectivity index (χ0n) is 11.6. The fraction of sp³-hybridized carbons (Fsp3) is 0.312. The van der Waals surface area contributed by atoms with Crippen molar-refractivity contribution >= 4 is 11.6 Å². The third-order valence-electron chi connectivity index (χ3n) is 3.27. The first-order chi connectivity index (χ1) is 9.13. The molecule has 0 aliphatic carbocycles. The summed E-state index contributed by atoms with van der Waals surface area (Å²) in [5, 5.41) is 4.29. The van der Waals surface area contributed by atoms with Gasteiger partial charge in [-0.2, -0.15) is 0 Å². The molecule has 0 amide bonds. The SMILES string of the molecule is CCNC(c1cnccc1C)c1ccc(C)cc1Cl. The first kappa shape index (κ1) is 14.0. The number of hydrogen-bond acceptors (Lipinski definition) is 2. The number of nitrogens with one attached hydrogen (secondary N) is 1. The Labute approximate surface area is 119 Å². The Morgan fingerprint density at radius 2 is 2.00 bits per heavy atom. The maximum Gasteiger partial charge on any atom is 0.0609 e. The van der Waals surface area contributed by atoms with Gasteiger partial charge in [-0.05, 0) is 54.8 Å². The van der Waals surface area contributed by atoms with Crippen LogP contribution >= 0.6 is 11.6 Å². The number of nitrogens with zero attached hydrogens (tertiary/aromatic N) is 1. The van der Waals surface area contributed by atoms with Crippen LogP contribution in [-0.4, -0.2) is 11.5 Å². The van der Waals surface area contributed by atoms with E-state index in [4.69, 9.17) is 11.6 Å². The molecule has 1 aromatic carbocycles. The van der Waals surface area contributed by atoms with Crippen molar-refractivity contribution in [2.45, 2.75) is 26.8 Å². The molecule has 1 N–H and O–H groups in total. The van der Waals surface area contributed by atoms with Crippen LogP contribution in [0, 0.1) is 13.8 Å². The van der Waals surface area contributed by atoms with Crippen molar-refractivity contribution in [2.24, 2.45) is 0 Å². The van der Waals surface area contributed by atoms with Gasteiger partial charge in [0.15, 0.2) is 0 Å². The third kappa shape index (κ3) is 3.14. The number of rotatable bonds is 4. The van der Waals surface area contributed by atoms with Crippen molar-refractivity contribution in [3.8, 4) is 0 Å². The molecule has 0 fully saturated rings. The van der Waals surface area contributed by atoms with Gasteiger partial charge in [-0.15, -0.1) is 0 Å². The second kappa shape index (κ2) is 6.18. The van der Waals surface area contributed by atoms with Crippen molar-refractivity contribution < 1.29 is 0 Å². The minimum atomic E-state index is 0.0896. The van der Waals surface area contributed by atoms with Gasteiger partial charge in [-0.3, -0.25) is 4.98 Å². The van der Waals surface area contributed by atoms with Gasteiger partial charge in [0, 0.05) is 17.4 Å². The van der Waals surface area contributed by atoms with E-state index < -0.39 is 0 Å². The Kier molecular flexibility index (Phi) is 4.56. The summed E-state index contributed by atoms with van der Waals surface area (Å²) in [5.74, 6) is 0. The molecule has 2 rings (SSSR count). The molecule has 100 valence electrons. The van der Waals surface area contributed by atoms with Crippen molar-refractivity contribution in [1.29, 1.82) is 0 Å². The maximum atomic E-state index is 6.40. The summed E-state index contributed by atoms with van der Waals surface area (Å²) in [4.78, 5) is 4.24. The summed E-state index contributed by atoms with van der Waals surface area (Å²) in [6.07, 6.45) is 3.73. The van der Waals surface area contributed by atoms with Crippen LogP contribution in [0.5, 0.6) is 0 Å². The lowest BCUT2D eigenvalue weighted by Gasteiger charge is -2.21. The fourth-order valence-electron chi connectivity index (χ4n) is 2.24. The number of benzene rings is 1. The molecule has 0 radical (unpaired) electrons. The van der Waals surface area contributed by atoms with Gasteiger partial charge in [-0.25, -0.2) is 0 Å². The van der Waals surface area contributed by atoms with E-state index in [9.17, 15) is 0 Å². The number of hydrogen-bond donors (Lipinski definition) is 1. The standard InChI is InChI=1S/C16H19ClN2/c1-4-19-16(14-10-18-8-7-12(14)3)13-6-5-11(2)9-15(13)17/h5-10,16,19H,4H2,1-3H3. The molecule has 0 spiro atoms. The van der Waals surface area contributed by atoms with E-state index in [-0.39, 0.29) is 6.04 Å². The smallest absolute Gasteiger partial charge is 0.0609 e. The minimum absolute atomic E-state index is 0.0896. The van der Waals surface area contributed by atoms with Crippen LogP contribution in [0.25, 0.3) is 0 Å². The van der Waals surface area contributed by atoms with Crippen LogP contribution in [0.15, 0.2) is 36.7 Å². The first-order valence-corrected chi connectivity index (χ1v) is 6.91. The lowest BCUT2D eigenvalue weighted by Crippen LogP contribution is -2.23. The maximum absolute atomic E-state index is 6.40. The van der Waals surface area contributed by atoms with E-state index in [1.54, 1.807) is 0 Å². The molecule has 1 atom stereocenters. The molecule has 2 nitrogen and oxygen atoms in total. The first-order valence-electron chi connectivity index (χ1n) is 6.53. The molecule has 0 saturated carbocycles. The van der Waals surface area contributed by atoms with Crippen LogP contribution in [-0.2, 0) is 0 Å². The Morgan fingerprint density at radius 1 is 1.21 bits per heavy atom. The summed E-state index contributed by atoms with van der Waals surface area (Å²) >= 11 is 6.40. The van der Waals surface area contributed by atoms with E-state index in [0.29, 0.717) is 0 Å². The number of aromatic nitrogens is 1. The summed E-state index contributed by atoms with van der Waals surface area (Å²) in [6.45, 7) is 7.13. The minimum Gasteiger partial charge on any atom is -0.306 e. The van der Waals surface area contributed by atoms with Gasteiger partial charge in [-0.1, -0.05) is 30.7 Å². The van der Waals surface area contributed by atoms with Crippen molar-refractivity contribution in [2.75, 3.05) is 6.54 Å². The van der Waals surface area contributed by atoms with E-state index in [0.717, 1.165) is 17.1 Å². The summed E-state index contributed by atoms with van der Waals surface area (Å²) < 4.78 is 0. The lowest BCUT2D eigenvalue weighted by molar-refractivity contribution is 0.625. The number of pyridine rings is 1. The largest absolute Gasteiger partial charge is 0.306 e. The summed E-state index contributed by atoms with van der Waals surface area (Å²) in [5.41, 5.74) is 4.67. The number of halogens is 1. The number of aryl methyl sites for hydroxylation is 2. The Morgan fingerprint density at radius 3 is 2.63 bits per heavy atom. The molecular formula is C16H19ClN2. The predicted octanol–water partition coefficient (Wildman–Crippen LogP) is 4.05. The molecule has 1 heterocycles. The quantitative estimate of drug-likeness (QED) is 0.910. The molecule has 3 heteroatoms. The zero-order valence-corrected chi connectivity index (χ0v) is 12.3. The van der Waals surface area contributed by atoms with Crippen LogP contribution < -0.4 is 5.32 Å². The second-order valence-electron chi connectivity index (χ2n) is 4.75. The second-order valence-corrected chi connectivity index (χ2v) is 5.16. The van der Waals surface area contributed by atoms with Crippen molar-refractivity contribution in [1.82, 2.24) is 10.3 Å². The summed E-state index contributed by atoms with van der Waals surface area (Å²) in [7, 11) is 0. The monoisotopic (exact) mass is 274 g/mol. The molecule has 1 unspecified atom stereocenters. The van der Waals surface area contributed by atoms with Gasteiger partial charge in [0.05, 0.1) is 6.04 Å². The van der Waals surface area contributed by atoms with E-state index in [2.05, 4.69) is 36.3 Å². The Bertz CT molecular complexity index is 566. The highest BCUT2D eigenvalue weighted by atomic mass is 35.5. The normalized spacial score (nSPS) is 12.4. The molecule has 0 aliphatic heterocycles. The Hall–Kier alpha value is -1.38. The van der Waals surface area contributed by atoms with E-state index in [1.807, 2.05) is 31.5 Å². The van der Waals surface area contributed by atoms with E-state index >= 15 is 0 Å². The molecule has 1 aromatic heterocycles. The zero-order chi connectivity index (χ0) is 13.8. The fourth-order valence-corrected chi connectivity index (χ4v) is 2.58. The van der Waals surface area contributed by atoms with Crippen LogP contribution in [0.1, 0.15) is 35.2 Å². The Balaban J connectivity index is 2.48. The lowest BCUT2D eigenvalue weighted by atomic mass is 9.96. The van der Waals surface area contributed by atoms with Crippen LogP contribution in [0.2, 0.25) is 5.02 Å². The predicted molar refractivity (Wildman–Crippen MR) is 80.7 cm³/mol. The summed E-state index contributed by atoms with van der Waals surface area (Å²) in [6, 6.07) is 8.32. The van der Waals surface area contributed by atoms with Gasteiger partial charge < -0.3 is 5.32 Å². The van der Waals surface area contributed by atoms with Gasteiger partial charge in [0.1, 0.15) is 0 Å². The van der Waals surface area contributed by atoms with Crippen molar-refractivity contribution in [3.63, 3.8) is 0 Å². The van der Waals surface area contributed by atoms with Gasteiger partial charge in [0.25, 0.3) is 0 Å². The topological polar surface area (TPSA) is 24.9 Å². The molecule has 2 aromatic rings.